The van der Waals surface area contributed by atoms with Gasteiger partial charge < -0.3 is 10.4 Å². The van der Waals surface area contributed by atoms with Crippen LogP contribution in [-0.2, 0) is 13.0 Å². The fraction of sp³-hybridized carbons (Fsp3) is 0.263. The van der Waals surface area contributed by atoms with E-state index in [1.54, 1.807) is 11.0 Å². The predicted octanol–water partition coefficient (Wildman–Crippen LogP) is 2.32. The van der Waals surface area contributed by atoms with Crippen LogP contribution in [0.3, 0.4) is 0 Å². The molecule has 0 aliphatic heterocycles. The molecule has 3 aromatic rings. The first-order chi connectivity index (χ1) is 11.7. The van der Waals surface area contributed by atoms with Gasteiger partial charge in [-0.05, 0) is 35.2 Å². The maximum atomic E-state index is 10.3. The molecule has 0 amide bonds. The van der Waals surface area contributed by atoms with Crippen LogP contribution in [0.1, 0.15) is 28.3 Å². The minimum atomic E-state index is -0.363. The molecule has 2 aromatic carbocycles. The predicted molar refractivity (Wildman–Crippen MR) is 91.8 cm³/mol. The molecule has 122 valence electrons. The summed E-state index contributed by atoms with van der Waals surface area (Å²) < 4.78 is 1.77. The molecule has 4 rings (SSSR count). The summed E-state index contributed by atoms with van der Waals surface area (Å²) in [5.74, 6) is 0. The van der Waals surface area contributed by atoms with Gasteiger partial charge in [-0.25, -0.2) is 9.67 Å². The first-order valence-electron chi connectivity index (χ1n) is 8.16. The number of hydrogen-bond acceptors (Lipinski definition) is 4. The van der Waals surface area contributed by atoms with Gasteiger partial charge in [0.05, 0.1) is 17.8 Å². The summed E-state index contributed by atoms with van der Waals surface area (Å²) in [6.07, 6.45) is 3.59. The summed E-state index contributed by atoms with van der Waals surface area (Å²) in [6, 6.07) is 14.5. The van der Waals surface area contributed by atoms with Gasteiger partial charge >= 0.3 is 0 Å². The lowest BCUT2D eigenvalue weighted by Crippen LogP contribution is -2.28. The van der Waals surface area contributed by atoms with Crippen molar-refractivity contribution in [1.29, 1.82) is 0 Å². The first-order valence-corrected chi connectivity index (χ1v) is 8.16. The fourth-order valence-electron chi connectivity index (χ4n) is 3.46. The fourth-order valence-corrected chi connectivity index (χ4v) is 3.46. The van der Waals surface area contributed by atoms with Crippen LogP contribution in [0.2, 0.25) is 0 Å². The van der Waals surface area contributed by atoms with Crippen LogP contribution < -0.4 is 5.32 Å². The van der Waals surface area contributed by atoms with Crippen LogP contribution in [0.25, 0.3) is 5.69 Å². The van der Waals surface area contributed by atoms with Crippen LogP contribution in [-0.4, -0.2) is 26.0 Å². The van der Waals surface area contributed by atoms with Crippen LogP contribution in [0.5, 0.6) is 0 Å². The lowest BCUT2D eigenvalue weighted by Gasteiger charge is -2.18. The number of nitrogens with zero attached hydrogens (tertiary/aromatic N) is 3. The first kappa shape index (κ1) is 15.1. The van der Waals surface area contributed by atoms with Crippen molar-refractivity contribution in [3.8, 4) is 5.69 Å². The molecule has 0 bridgehead atoms. The highest BCUT2D eigenvalue weighted by Crippen LogP contribution is 2.31. The average molecular weight is 320 g/mol. The monoisotopic (exact) mass is 320 g/mol. The van der Waals surface area contributed by atoms with E-state index in [1.807, 2.05) is 12.1 Å². The van der Waals surface area contributed by atoms with Crippen LogP contribution in [0.15, 0.2) is 55.1 Å². The molecule has 2 atom stereocenters. The zero-order valence-corrected chi connectivity index (χ0v) is 13.6. The molecule has 1 aliphatic carbocycles. The second-order valence-electron chi connectivity index (χ2n) is 6.29. The number of fused-ring (bicyclic) bond motifs is 1. The van der Waals surface area contributed by atoms with E-state index in [0.29, 0.717) is 6.54 Å². The summed E-state index contributed by atoms with van der Waals surface area (Å²) in [7, 11) is 0. The van der Waals surface area contributed by atoms with E-state index in [2.05, 4.69) is 52.7 Å². The molecular formula is C19H20N4O. The minimum absolute atomic E-state index is 0.00324. The SMILES string of the molecule is Cc1cc(CNC2c3ccccc3CC2O)ccc1-n1cncn1. The van der Waals surface area contributed by atoms with Crippen molar-refractivity contribution in [2.45, 2.75) is 32.0 Å². The van der Waals surface area contributed by atoms with Crippen molar-refractivity contribution in [3.05, 3.63) is 77.4 Å². The number of benzene rings is 2. The lowest BCUT2D eigenvalue weighted by atomic mass is 10.1. The van der Waals surface area contributed by atoms with Gasteiger partial charge in [-0.1, -0.05) is 36.4 Å². The Labute approximate surface area is 141 Å². The Morgan fingerprint density at radius 1 is 1.25 bits per heavy atom. The van der Waals surface area contributed by atoms with Crippen molar-refractivity contribution in [2.24, 2.45) is 0 Å². The Hall–Kier alpha value is -2.50. The van der Waals surface area contributed by atoms with Gasteiger partial charge in [0.1, 0.15) is 12.7 Å². The number of aliphatic hydroxyl groups is 1. The molecular weight excluding hydrogens is 300 g/mol. The summed E-state index contributed by atoms with van der Waals surface area (Å²) in [4.78, 5) is 3.99. The molecule has 0 saturated carbocycles. The smallest absolute Gasteiger partial charge is 0.138 e. The standard InChI is InChI=1S/C19H20N4O/c1-13-8-14(6-7-17(13)23-12-20-11-22-23)10-21-19-16-5-3-2-4-15(16)9-18(19)24/h2-8,11-12,18-19,21,24H,9-10H2,1H3. The molecule has 5 heteroatoms. The highest BCUT2D eigenvalue weighted by molar-refractivity contribution is 5.42. The van der Waals surface area contributed by atoms with Crippen molar-refractivity contribution in [1.82, 2.24) is 20.1 Å². The lowest BCUT2D eigenvalue weighted by molar-refractivity contribution is 0.140. The molecule has 0 fully saturated rings. The van der Waals surface area contributed by atoms with E-state index in [1.165, 1.54) is 23.0 Å². The number of nitrogens with one attached hydrogen (secondary N) is 1. The summed E-state index contributed by atoms with van der Waals surface area (Å²) in [5.41, 5.74) is 5.81. The molecule has 1 aliphatic rings. The van der Waals surface area contributed by atoms with E-state index in [-0.39, 0.29) is 12.1 Å². The van der Waals surface area contributed by atoms with Crippen LogP contribution >= 0.6 is 0 Å². The minimum Gasteiger partial charge on any atom is -0.391 e. The molecule has 0 spiro atoms. The van der Waals surface area contributed by atoms with E-state index < -0.39 is 0 Å². The second-order valence-corrected chi connectivity index (χ2v) is 6.29. The maximum absolute atomic E-state index is 10.3. The Kier molecular flexibility index (Phi) is 3.88. The zero-order chi connectivity index (χ0) is 16.5. The largest absolute Gasteiger partial charge is 0.391 e. The number of aryl methyl sites for hydroxylation is 1. The van der Waals surface area contributed by atoms with Gasteiger partial charge in [0, 0.05) is 13.0 Å². The molecule has 2 N–H and O–H groups in total. The van der Waals surface area contributed by atoms with Crippen LogP contribution in [0.4, 0.5) is 0 Å². The highest BCUT2D eigenvalue weighted by atomic mass is 16.3. The number of aromatic nitrogens is 3. The number of hydrogen-bond donors (Lipinski definition) is 2. The molecule has 24 heavy (non-hydrogen) atoms. The molecule has 0 radical (unpaired) electrons. The van der Waals surface area contributed by atoms with Crippen molar-refractivity contribution in [3.63, 3.8) is 0 Å². The topological polar surface area (TPSA) is 63.0 Å². The van der Waals surface area contributed by atoms with Crippen molar-refractivity contribution >= 4 is 0 Å². The third kappa shape index (κ3) is 2.72. The molecule has 0 saturated heterocycles. The van der Waals surface area contributed by atoms with E-state index >= 15 is 0 Å². The van der Waals surface area contributed by atoms with Crippen molar-refractivity contribution in [2.75, 3.05) is 0 Å². The quantitative estimate of drug-likeness (QED) is 0.774. The van der Waals surface area contributed by atoms with Gasteiger partial charge in [0.2, 0.25) is 0 Å². The molecule has 1 aromatic heterocycles. The van der Waals surface area contributed by atoms with Gasteiger partial charge in [-0.15, -0.1) is 0 Å². The van der Waals surface area contributed by atoms with E-state index in [9.17, 15) is 5.11 Å². The van der Waals surface area contributed by atoms with E-state index in [0.717, 1.165) is 17.7 Å². The normalized spacial score (nSPS) is 19.4. The Balaban J connectivity index is 1.50. The van der Waals surface area contributed by atoms with Gasteiger partial charge in [-0.2, -0.15) is 5.10 Å². The maximum Gasteiger partial charge on any atom is 0.138 e. The summed E-state index contributed by atoms with van der Waals surface area (Å²) in [6.45, 7) is 2.79. The molecule has 5 nitrogen and oxygen atoms in total. The average Bonchev–Trinajstić information content (AvgIpc) is 3.20. The molecule has 2 unspecified atom stereocenters. The Morgan fingerprint density at radius 2 is 2.12 bits per heavy atom. The third-order valence-corrected chi connectivity index (χ3v) is 4.66. The van der Waals surface area contributed by atoms with E-state index in [4.69, 9.17) is 0 Å². The molecule has 1 heterocycles. The van der Waals surface area contributed by atoms with Crippen LogP contribution in [0, 0.1) is 6.92 Å². The zero-order valence-electron chi connectivity index (χ0n) is 13.6. The Bertz CT molecular complexity index is 844. The Morgan fingerprint density at radius 3 is 2.92 bits per heavy atom. The number of aliphatic hydroxyl groups excluding tert-OH is 1. The van der Waals surface area contributed by atoms with Gasteiger partial charge in [0.15, 0.2) is 0 Å². The van der Waals surface area contributed by atoms with Crippen molar-refractivity contribution < 1.29 is 5.11 Å². The van der Waals surface area contributed by atoms with Gasteiger partial charge in [0.25, 0.3) is 0 Å². The third-order valence-electron chi connectivity index (χ3n) is 4.66. The highest BCUT2D eigenvalue weighted by Gasteiger charge is 2.30. The van der Waals surface area contributed by atoms with Gasteiger partial charge in [-0.3, -0.25) is 0 Å². The summed E-state index contributed by atoms with van der Waals surface area (Å²) >= 11 is 0. The second kappa shape index (κ2) is 6.19. The number of rotatable bonds is 4. The summed E-state index contributed by atoms with van der Waals surface area (Å²) in [5, 5.41) is 18.0.